The Morgan fingerprint density at radius 1 is 1.26 bits per heavy atom. The third-order valence-corrected chi connectivity index (χ3v) is 3.64. The van der Waals surface area contributed by atoms with Crippen molar-refractivity contribution in [2.75, 3.05) is 33.0 Å². The summed E-state index contributed by atoms with van der Waals surface area (Å²) in [6, 6.07) is -0.377. The van der Waals surface area contributed by atoms with E-state index in [9.17, 15) is 5.11 Å². The molecule has 0 radical (unpaired) electrons. The van der Waals surface area contributed by atoms with Crippen LogP contribution in [-0.2, 0) is 4.74 Å². The van der Waals surface area contributed by atoms with Crippen LogP contribution in [0.25, 0.3) is 0 Å². The first-order valence-electron chi connectivity index (χ1n) is 7.03. The average molecular weight is 273 g/mol. The predicted molar refractivity (Wildman–Crippen MR) is 73.8 cm³/mol. The average Bonchev–Trinajstić information content (AvgIpc) is 2.42. The van der Waals surface area contributed by atoms with Gasteiger partial charge in [-0.1, -0.05) is 19.1 Å². The molecule has 0 fully saturated rings. The van der Waals surface area contributed by atoms with E-state index in [-0.39, 0.29) is 25.9 Å². The van der Waals surface area contributed by atoms with E-state index in [0.717, 1.165) is 12.8 Å². The Morgan fingerprint density at radius 2 is 1.95 bits per heavy atom. The Balaban J connectivity index is 2.09. The summed E-state index contributed by atoms with van der Waals surface area (Å²) < 4.78 is 5.56. The van der Waals surface area contributed by atoms with Crippen molar-refractivity contribution in [3.8, 4) is 0 Å². The molecule has 5 heteroatoms. The summed E-state index contributed by atoms with van der Waals surface area (Å²) in [6.07, 6.45) is 5.94. The Bertz CT molecular complexity index is 256. The van der Waals surface area contributed by atoms with Gasteiger partial charge in [0.2, 0.25) is 0 Å². The van der Waals surface area contributed by atoms with E-state index in [4.69, 9.17) is 14.9 Å². The van der Waals surface area contributed by atoms with Crippen LogP contribution in [0.3, 0.4) is 0 Å². The molecule has 112 valence electrons. The van der Waals surface area contributed by atoms with Gasteiger partial charge >= 0.3 is 0 Å². The summed E-state index contributed by atoms with van der Waals surface area (Å²) in [7, 11) is 0. The number of hydrogen-bond acceptors (Lipinski definition) is 5. The van der Waals surface area contributed by atoms with Crippen molar-refractivity contribution < 1.29 is 20.1 Å². The van der Waals surface area contributed by atoms with E-state index >= 15 is 0 Å². The number of ether oxygens (including phenoxy) is 1. The lowest BCUT2D eigenvalue weighted by atomic mass is 9.85. The molecule has 0 aromatic rings. The maximum Gasteiger partial charge on any atom is 0.0897 e. The van der Waals surface area contributed by atoms with Gasteiger partial charge in [0, 0.05) is 6.54 Å². The first-order chi connectivity index (χ1) is 9.17. The van der Waals surface area contributed by atoms with Crippen LogP contribution in [0.4, 0.5) is 0 Å². The Morgan fingerprint density at radius 3 is 2.58 bits per heavy atom. The highest BCUT2D eigenvalue weighted by Gasteiger charge is 2.18. The first kappa shape index (κ1) is 16.6. The van der Waals surface area contributed by atoms with Gasteiger partial charge in [0.25, 0.3) is 0 Å². The fourth-order valence-electron chi connectivity index (χ4n) is 2.14. The standard InChI is InChI=1S/C14H27NO4/c1-11-4-2-3-5-12(11)9-19-10-14(18)6-15-13(7-16)8-17/h2-3,11-18H,4-10H2,1H3. The van der Waals surface area contributed by atoms with Gasteiger partial charge in [-0.2, -0.15) is 0 Å². The van der Waals surface area contributed by atoms with Crippen LogP contribution in [0.5, 0.6) is 0 Å². The van der Waals surface area contributed by atoms with Crippen LogP contribution in [0.2, 0.25) is 0 Å². The number of aliphatic hydroxyl groups excluding tert-OH is 3. The zero-order valence-electron chi connectivity index (χ0n) is 11.7. The number of aliphatic hydroxyl groups is 3. The lowest BCUT2D eigenvalue weighted by Gasteiger charge is -2.25. The highest BCUT2D eigenvalue weighted by atomic mass is 16.5. The molecule has 0 saturated heterocycles. The van der Waals surface area contributed by atoms with E-state index in [1.54, 1.807) is 0 Å². The topological polar surface area (TPSA) is 82.0 Å². The molecule has 0 spiro atoms. The van der Waals surface area contributed by atoms with E-state index in [0.29, 0.717) is 25.0 Å². The quantitative estimate of drug-likeness (QED) is 0.441. The van der Waals surface area contributed by atoms with Crippen LogP contribution in [0.1, 0.15) is 19.8 Å². The summed E-state index contributed by atoms with van der Waals surface area (Å²) in [5.41, 5.74) is 0. The molecule has 0 saturated carbocycles. The molecule has 0 amide bonds. The first-order valence-corrected chi connectivity index (χ1v) is 7.03. The number of rotatable bonds is 9. The van der Waals surface area contributed by atoms with Crippen molar-refractivity contribution in [1.29, 1.82) is 0 Å². The smallest absolute Gasteiger partial charge is 0.0897 e. The normalized spacial score (nSPS) is 24.9. The predicted octanol–water partition coefficient (Wildman–Crippen LogP) is -0.0910. The summed E-state index contributed by atoms with van der Waals surface area (Å²) in [6.45, 7) is 3.20. The molecule has 5 nitrogen and oxygen atoms in total. The van der Waals surface area contributed by atoms with Crippen LogP contribution in [0.15, 0.2) is 12.2 Å². The highest BCUT2D eigenvalue weighted by molar-refractivity contribution is 4.93. The van der Waals surface area contributed by atoms with Crippen molar-refractivity contribution in [1.82, 2.24) is 5.32 Å². The van der Waals surface area contributed by atoms with Gasteiger partial charge in [0.05, 0.1) is 38.6 Å². The van der Waals surface area contributed by atoms with Crippen molar-refractivity contribution in [2.45, 2.75) is 31.9 Å². The molecule has 4 N–H and O–H groups in total. The molecule has 0 aromatic carbocycles. The summed E-state index contributed by atoms with van der Waals surface area (Å²) in [4.78, 5) is 0. The van der Waals surface area contributed by atoms with Gasteiger partial charge in [0.15, 0.2) is 0 Å². The molecule has 1 aliphatic rings. The number of allylic oxidation sites excluding steroid dienone is 2. The zero-order chi connectivity index (χ0) is 14.1. The molecular weight excluding hydrogens is 246 g/mol. The van der Waals surface area contributed by atoms with Gasteiger partial charge in [-0.3, -0.25) is 0 Å². The third-order valence-electron chi connectivity index (χ3n) is 3.64. The van der Waals surface area contributed by atoms with Crippen molar-refractivity contribution in [3.63, 3.8) is 0 Å². The SMILES string of the molecule is CC1CC=CCC1COCC(O)CNC(CO)CO. The second-order valence-electron chi connectivity index (χ2n) is 5.34. The summed E-state index contributed by atoms with van der Waals surface area (Å²) in [5.74, 6) is 1.17. The molecule has 3 atom stereocenters. The van der Waals surface area contributed by atoms with Crippen LogP contribution < -0.4 is 5.32 Å². The van der Waals surface area contributed by atoms with E-state index < -0.39 is 6.10 Å². The van der Waals surface area contributed by atoms with Crippen molar-refractivity contribution in [2.24, 2.45) is 11.8 Å². The molecule has 0 aromatic heterocycles. The van der Waals surface area contributed by atoms with Gasteiger partial charge in [-0.25, -0.2) is 0 Å². The van der Waals surface area contributed by atoms with Crippen molar-refractivity contribution in [3.05, 3.63) is 12.2 Å². The van der Waals surface area contributed by atoms with Crippen LogP contribution >= 0.6 is 0 Å². The lowest BCUT2D eigenvalue weighted by Crippen LogP contribution is -2.41. The fraction of sp³-hybridized carbons (Fsp3) is 0.857. The van der Waals surface area contributed by atoms with Crippen molar-refractivity contribution >= 4 is 0 Å². The molecule has 19 heavy (non-hydrogen) atoms. The molecular formula is C14H27NO4. The molecule has 1 aliphatic carbocycles. The second kappa shape index (κ2) is 9.44. The molecule has 0 heterocycles. The summed E-state index contributed by atoms with van der Waals surface area (Å²) in [5, 5.41) is 30.3. The highest BCUT2D eigenvalue weighted by Crippen LogP contribution is 2.24. The van der Waals surface area contributed by atoms with Gasteiger partial charge < -0.3 is 25.4 Å². The minimum Gasteiger partial charge on any atom is -0.395 e. The Labute approximate surface area is 115 Å². The maximum absolute atomic E-state index is 9.72. The van der Waals surface area contributed by atoms with Gasteiger partial charge in [0.1, 0.15) is 0 Å². The molecule has 0 bridgehead atoms. The Kier molecular flexibility index (Phi) is 8.25. The van der Waals surface area contributed by atoms with E-state index in [1.807, 2.05) is 0 Å². The fourth-order valence-corrected chi connectivity index (χ4v) is 2.14. The molecule has 0 aliphatic heterocycles. The Hall–Kier alpha value is -0.460. The third kappa shape index (κ3) is 6.49. The minimum atomic E-state index is -0.616. The maximum atomic E-state index is 9.72. The number of nitrogens with one attached hydrogen (secondary N) is 1. The van der Waals surface area contributed by atoms with E-state index in [2.05, 4.69) is 24.4 Å². The molecule has 3 unspecified atom stereocenters. The monoisotopic (exact) mass is 273 g/mol. The van der Waals surface area contributed by atoms with Gasteiger partial charge in [-0.05, 0) is 24.7 Å². The van der Waals surface area contributed by atoms with E-state index in [1.165, 1.54) is 0 Å². The minimum absolute atomic E-state index is 0.143. The largest absolute Gasteiger partial charge is 0.395 e. The molecule has 1 rings (SSSR count). The van der Waals surface area contributed by atoms with Crippen LogP contribution in [-0.4, -0.2) is 60.4 Å². The van der Waals surface area contributed by atoms with Gasteiger partial charge in [-0.15, -0.1) is 0 Å². The van der Waals surface area contributed by atoms with Crippen LogP contribution in [0, 0.1) is 11.8 Å². The summed E-state index contributed by atoms with van der Waals surface area (Å²) >= 11 is 0. The zero-order valence-corrected chi connectivity index (χ0v) is 11.7. The lowest BCUT2D eigenvalue weighted by molar-refractivity contribution is 0.0101. The second-order valence-corrected chi connectivity index (χ2v) is 5.34. The number of hydrogen-bond donors (Lipinski definition) is 4.